The largest absolute Gasteiger partial charge is 0.478 e. The Morgan fingerprint density at radius 1 is 1.05 bits per heavy atom. The van der Waals surface area contributed by atoms with Crippen molar-refractivity contribution in [1.29, 1.82) is 5.26 Å². The van der Waals surface area contributed by atoms with Crippen molar-refractivity contribution in [2.24, 2.45) is 11.8 Å². The van der Waals surface area contributed by atoms with Gasteiger partial charge in [-0.1, -0.05) is 57.5 Å². The summed E-state index contributed by atoms with van der Waals surface area (Å²) in [4.78, 5) is 31.3. The van der Waals surface area contributed by atoms with E-state index < -0.39 is 5.97 Å². The first-order chi connectivity index (χ1) is 17.6. The normalized spacial score (nSPS) is 10.9. The summed E-state index contributed by atoms with van der Waals surface area (Å²) in [5, 5.41) is 22.1. The van der Waals surface area contributed by atoms with E-state index in [1.807, 2.05) is 24.3 Å². The van der Waals surface area contributed by atoms with Gasteiger partial charge in [-0.2, -0.15) is 5.26 Å². The molecule has 192 valence electrons. The smallest absolute Gasteiger partial charge is 0.336 e. The van der Waals surface area contributed by atoms with Crippen molar-refractivity contribution in [2.45, 2.75) is 34.1 Å². The van der Waals surface area contributed by atoms with Gasteiger partial charge in [0.15, 0.2) is 0 Å². The molecule has 0 spiro atoms. The average molecular weight is 519 g/mol. The molecule has 37 heavy (non-hydrogen) atoms. The molecule has 0 aliphatic carbocycles. The number of amides is 1. The van der Waals surface area contributed by atoms with Crippen molar-refractivity contribution in [1.82, 2.24) is 4.98 Å². The second-order valence-electron chi connectivity index (χ2n) is 9.81. The van der Waals surface area contributed by atoms with Crippen molar-refractivity contribution < 1.29 is 14.7 Å². The molecular formula is C29H31ClN4O3. The Hall–Kier alpha value is -3.89. The molecule has 7 nitrogen and oxygen atoms in total. The maximum Gasteiger partial charge on any atom is 0.336 e. The predicted octanol–water partition coefficient (Wildman–Crippen LogP) is 6.27. The van der Waals surface area contributed by atoms with Gasteiger partial charge in [-0.3, -0.25) is 4.79 Å². The van der Waals surface area contributed by atoms with Crippen LogP contribution in [0.3, 0.4) is 0 Å². The molecule has 8 heteroatoms. The van der Waals surface area contributed by atoms with Crippen LogP contribution >= 0.6 is 11.6 Å². The number of carboxylic acid groups (broad SMARTS) is 1. The van der Waals surface area contributed by atoms with E-state index in [0.717, 1.165) is 18.8 Å². The number of anilines is 2. The molecule has 3 rings (SSSR count). The van der Waals surface area contributed by atoms with Gasteiger partial charge in [-0.05, 0) is 58.9 Å². The highest BCUT2D eigenvalue weighted by Gasteiger charge is 2.19. The van der Waals surface area contributed by atoms with Gasteiger partial charge >= 0.3 is 5.97 Å². The van der Waals surface area contributed by atoms with Gasteiger partial charge in [0.2, 0.25) is 5.91 Å². The fourth-order valence-electron chi connectivity index (χ4n) is 4.15. The zero-order valence-electron chi connectivity index (χ0n) is 21.5. The fraction of sp³-hybridized carbons (Fsp3) is 0.310. The molecule has 2 N–H and O–H groups in total. The second kappa shape index (κ2) is 12.4. The van der Waals surface area contributed by atoms with Gasteiger partial charge in [0, 0.05) is 24.3 Å². The molecular weight excluding hydrogens is 488 g/mol. The Morgan fingerprint density at radius 3 is 2.32 bits per heavy atom. The number of rotatable bonds is 10. The maximum absolute atomic E-state index is 13.1. The lowest BCUT2D eigenvalue weighted by Gasteiger charge is -2.31. The van der Waals surface area contributed by atoms with Crippen molar-refractivity contribution >= 4 is 34.9 Å². The van der Waals surface area contributed by atoms with E-state index in [4.69, 9.17) is 16.9 Å². The summed E-state index contributed by atoms with van der Waals surface area (Å²) in [6.45, 7) is 10.2. The zero-order chi connectivity index (χ0) is 27.1. The first-order valence-electron chi connectivity index (χ1n) is 12.1. The molecule has 1 amide bonds. The molecule has 0 unspecified atom stereocenters. The molecule has 2 aromatic carbocycles. The van der Waals surface area contributed by atoms with Crippen LogP contribution in [0.25, 0.3) is 11.1 Å². The van der Waals surface area contributed by atoms with Crippen molar-refractivity contribution in [3.05, 3.63) is 76.6 Å². The number of nitrogens with zero attached hydrogens (tertiary/aromatic N) is 3. The number of nitrogens with one attached hydrogen (secondary N) is 1. The molecule has 0 radical (unpaired) electrons. The van der Waals surface area contributed by atoms with Crippen LogP contribution in [0.5, 0.6) is 0 Å². The average Bonchev–Trinajstić information content (AvgIpc) is 2.83. The van der Waals surface area contributed by atoms with Gasteiger partial charge in [0.25, 0.3) is 0 Å². The molecule has 0 fully saturated rings. The molecule has 0 atom stereocenters. The minimum atomic E-state index is -1.08. The molecule has 0 aliphatic heterocycles. The first-order valence-corrected chi connectivity index (χ1v) is 12.5. The standard InChI is InChI=1S/C29H31ClN4O3/c1-18(2)16-34(17-19(3)4)27-10-6-21(24-9-7-22(30)13-25(24)29(36)37)12-26(27)33-28(35)11-20-5-8-23(14-31)32-15-20/h5-10,12-13,15,18-19H,11,16-17H2,1-4H3,(H,33,35)(H,36,37). The highest BCUT2D eigenvalue weighted by Crippen LogP contribution is 2.35. The highest BCUT2D eigenvalue weighted by molar-refractivity contribution is 6.31. The molecule has 0 bridgehead atoms. The van der Waals surface area contributed by atoms with E-state index in [2.05, 4.69) is 42.9 Å². The summed E-state index contributed by atoms with van der Waals surface area (Å²) < 4.78 is 0. The van der Waals surface area contributed by atoms with E-state index in [1.165, 1.54) is 12.3 Å². The number of aromatic nitrogens is 1. The number of halogens is 1. The van der Waals surface area contributed by atoms with Crippen LogP contribution in [0.1, 0.15) is 49.3 Å². The Kier molecular flexibility index (Phi) is 9.26. The lowest BCUT2D eigenvalue weighted by atomic mass is 9.98. The fourth-order valence-corrected chi connectivity index (χ4v) is 4.32. The number of hydrogen-bond acceptors (Lipinski definition) is 5. The zero-order valence-corrected chi connectivity index (χ0v) is 22.2. The summed E-state index contributed by atoms with van der Waals surface area (Å²) in [5.41, 5.74) is 3.68. The predicted molar refractivity (Wildman–Crippen MR) is 147 cm³/mol. The third-order valence-corrected chi connectivity index (χ3v) is 5.84. The van der Waals surface area contributed by atoms with Crippen molar-refractivity contribution in [3.8, 4) is 17.2 Å². The maximum atomic E-state index is 13.1. The van der Waals surface area contributed by atoms with Crippen LogP contribution in [0.4, 0.5) is 11.4 Å². The molecule has 0 saturated carbocycles. The van der Waals surface area contributed by atoms with Gasteiger partial charge in [-0.15, -0.1) is 0 Å². The quantitative estimate of drug-likeness (QED) is 0.327. The van der Waals surface area contributed by atoms with Gasteiger partial charge in [0.1, 0.15) is 11.8 Å². The van der Waals surface area contributed by atoms with Crippen LogP contribution in [0, 0.1) is 23.2 Å². The van der Waals surface area contributed by atoms with Gasteiger partial charge in [0.05, 0.1) is 23.4 Å². The summed E-state index contributed by atoms with van der Waals surface area (Å²) in [7, 11) is 0. The third kappa shape index (κ3) is 7.55. The van der Waals surface area contributed by atoms with Crippen LogP contribution in [-0.2, 0) is 11.2 Å². The minimum absolute atomic E-state index is 0.0814. The number of carbonyl (C=O) groups excluding carboxylic acids is 1. The Morgan fingerprint density at radius 2 is 1.76 bits per heavy atom. The first kappa shape index (κ1) is 27.7. The number of hydrogen-bond donors (Lipinski definition) is 2. The Labute approximate surface area is 222 Å². The summed E-state index contributed by atoms with van der Waals surface area (Å²) >= 11 is 6.06. The lowest BCUT2D eigenvalue weighted by molar-refractivity contribution is -0.115. The molecule has 0 aliphatic rings. The highest BCUT2D eigenvalue weighted by atomic mass is 35.5. The molecule has 1 heterocycles. The number of carboxylic acids is 1. The molecule has 1 aromatic heterocycles. The van der Waals surface area contributed by atoms with Crippen LogP contribution in [0.15, 0.2) is 54.7 Å². The monoisotopic (exact) mass is 518 g/mol. The second-order valence-corrected chi connectivity index (χ2v) is 10.2. The van der Waals surface area contributed by atoms with E-state index in [1.54, 1.807) is 24.3 Å². The summed E-state index contributed by atoms with van der Waals surface area (Å²) in [6.07, 6.45) is 1.60. The summed E-state index contributed by atoms with van der Waals surface area (Å²) in [5.74, 6) is -0.543. The number of pyridine rings is 1. The van der Waals surface area contributed by atoms with Crippen molar-refractivity contribution in [2.75, 3.05) is 23.3 Å². The Bertz CT molecular complexity index is 1300. The van der Waals surface area contributed by atoms with Crippen LogP contribution in [0.2, 0.25) is 5.02 Å². The van der Waals surface area contributed by atoms with E-state index in [-0.39, 0.29) is 23.6 Å². The number of nitriles is 1. The van der Waals surface area contributed by atoms with Gasteiger partial charge < -0.3 is 15.3 Å². The third-order valence-electron chi connectivity index (χ3n) is 5.61. The minimum Gasteiger partial charge on any atom is -0.478 e. The van der Waals surface area contributed by atoms with E-state index in [9.17, 15) is 14.7 Å². The Balaban J connectivity index is 2.04. The van der Waals surface area contributed by atoms with E-state index in [0.29, 0.717) is 39.2 Å². The molecule has 3 aromatic rings. The van der Waals surface area contributed by atoms with Crippen molar-refractivity contribution in [3.63, 3.8) is 0 Å². The molecule has 0 saturated heterocycles. The number of benzene rings is 2. The number of carbonyl (C=O) groups is 2. The SMILES string of the molecule is CC(C)CN(CC(C)C)c1ccc(-c2ccc(Cl)cc2C(=O)O)cc1NC(=O)Cc1ccc(C#N)nc1. The van der Waals surface area contributed by atoms with Crippen LogP contribution in [-0.4, -0.2) is 35.1 Å². The number of aromatic carboxylic acids is 1. The lowest BCUT2D eigenvalue weighted by Crippen LogP contribution is -2.32. The van der Waals surface area contributed by atoms with Crippen LogP contribution < -0.4 is 10.2 Å². The summed E-state index contributed by atoms with van der Waals surface area (Å²) in [6, 6.07) is 15.6. The van der Waals surface area contributed by atoms with E-state index >= 15 is 0 Å². The van der Waals surface area contributed by atoms with Gasteiger partial charge in [-0.25, -0.2) is 9.78 Å². The topological polar surface area (TPSA) is 106 Å².